The molecular weight excluding hydrogens is 795 g/mol. The van der Waals surface area contributed by atoms with Gasteiger partial charge >= 0.3 is 17.2 Å². The SMILES string of the molecule is C[C@H](Cc1ccc(OP2OCC3(CO2)COP(Oc2ccc(C[C@@H](C)c4ccccc4)cc2C[C@@H](C)c2ccccc2)OC3)c(C[C@@H](C)c2ccccc2)c1)c1ccccc1. The Morgan fingerprint density at radius 2 is 0.705 bits per heavy atom. The van der Waals surface area contributed by atoms with Crippen LogP contribution in [-0.4, -0.2) is 26.4 Å². The summed E-state index contributed by atoms with van der Waals surface area (Å²) in [6.45, 7) is 10.8. The standard InChI is InChI=1S/C53H58O6P2/c1-39(45-17-9-5-10-18-45)29-43-25-27-51(49(33-43)31-41(3)47-21-13-7-14-22-47)58-60-54-35-53(36-55-60)37-56-61(57-38-53)59-52-28-26-44(30-40(2)46-19-11-6-12-20-46)34-50(52)32-42(4)48-23-15-8-16-24-48/h5-28,33-34,39-42H,29-32,35-38H2,1-4H3/t39-,40-,41-,42-,53?,60?,61?/m1/s1. The monoisotopic (exact) mass is 852 g/mol. The first kappa shape index (κ1) is 43.3. The number of benzene rings is 6. The maximum absolute atomic E-state index is 6.56. The van der Waals surface area contributed by atoms with Gasteiger partial charge in [-0.1, -0.05) is 173 Å². The molecule has 2 saturated heterocycles. The molecule has 2 aliphatic heterocycles. The van der Waals surface area contributed by atoms with Gasteiger partial charge in [0.25, 0.3) is 0 Å². The smallest absolute Gasteiger partial charge is 0.397 e. The summed E-state index contributed by atoms with van der Waals surface area (Å²) in [7, 11) is -3.20. The normalized spacial score (nSPS) is 21.0. The van der Waals surface area contributed by atoms with Gasteiger partial charge in [0, 0.05) is 0 Å². The van der Waals surface area contributed by atoms with Crippen molar-refractivity contribution in [3.05, 3.63) is 202 Å². The van der Waals surface area contributed by atoms with Crippen LogP contribution >= 0.6 is 17.2 Å². The van der Waals surface area contributed by atoms with Crippen molar-refractivity contribution in [2.24, 2.45) is 5.41 Å². The van der Waals surface area contributed by atoms with Gasteiger partial charge in [-0.05, 0) is 106 Å². The van der Waals surface area contributed by atoms with Gasteiger partial charge < -0.3 is 27.1 Å². The molecule has 61 heavy (non-hydrogen) atoms. The first-order valence-electron chi connectivity index (χ1n) is 21.7. The van der Waals surface area contributed by atoms with Gasteiger partial charge in [-0.15, -0.1) is 0 Å². The van der Waals surface area contributed by atoms with Crippen LogP contribution < -0.4 is 9.05 Å². The number of hydrogen-bond donors (Lipinski definition) is 0. The molecule has 0 radical (unpaired) electrons. The molecule has 1 spiro atoms. The summed E-state index contributed by atoms with van der Waals surface area (Å²) in [6.07, 6.45) is 3.57. The first-order chi connectivity index (χ1) is 29.8. The van der Waals surface area contributed by atoms with E-state index in [1.807, 2.05) is 0 Å². The summed E-state index contributed by atoms with van der Waals surface area (Å²) in [4.78, 5) is 0. The summed E-state index contributed by atoms with van der Waals surface area (Å²) in [5, 5.41) is 0. The van der Waals surface area contributed by atoms with Crippen LogP contribution in [0.15, 0.2) is 158 Å². The minimum atomic E-state index is -1.60. The van der Waals surface area contributed by atoms with Gasteiger partial charge in [0.1, 0.15) is 11.5 Å². The fourth-order valence-electron chi connectivity index (χ4n) is 8.33. The van der Waals surface area contributed by atoms with Crippen LogP contribution in [0.3, 0.4) is 0 Å². The van der Waals surface area contributed by atoms with Crippen molar-refractivity contribution in [3.8, 4) is 11.5 Å². The van der Waals surface area contributed by atoms with E-state index in [-0.39, 0.29) is 0 Å². The quantitative estimate of drug-likeness (QED) is 0.0904. The zero-order chi connectivity index (χ0) is 42.0. The minimum Gasteiger partial charge on any atom is -0.426 e. The Labute approximate surface area is 365 Å². The molecule has 2 heterocycles. The zero-order valence-corrected chi connectivity index (χ0v) is 37.6. The fraction of sp³-hybridized carbons (Fsp3) is 0.321. The summed E-state index contributed by atoms with van der Waals surface area (Å²) in [5.74, 6) is 3.04. The second-order valence-corrected chi connectivity index (χ2v) is 19.5. The molecule has 4 atom stereocenters. The minimum absolute atomic E-state index is 0.313. The Hall–Kier alpha value is -4.38. The van der Waals surface area contributed by atoms with E-state index in [0.717, 1.165) is 48.3 Å². The largest absolute Gasteiger partial charge is 0.426 e. The predicted octanol–water partition coefficient (Wildman–Crippen LogP) is 14.1. The molecule has 6 aromatic rings. The average Bonchev–Trinajstić information content (AvgIpc) is 3.30. The van der Waals surface area contributed by atoms with Crippen molar-refractivity contribution in [1.29, 1.82) is 0 Å². The van der Waals surface area contributed by atoms with Crippen LogP contribution in [0, 0.1) is 5.41 Å². The number of rotatable bonds is 16. The van der Waals surface area contributed by atoms with Gasteiger partial charge in [0.2, 0.25) is 0 Å². The molecule has 6 nitrogen and oxygen atoms in total. The Balaban J connectivity index is 0.897. The van der Waals surface area contributed by atoms with Crippen molar-refractivity contribution in [3.63, 3.8) is 0 Å². The van der Waals surface area contributed by atoms with Gasteiger partial charge in [-0.25, -0.2) is 0 Å². The van der Waals surface area contributed by atoms with E-state index in [2.05, 4.69) is 185 Å². The predicted molar refractivity (Wildman–Crippen MR) is 248 cm³/mol. The van der Waals surface area contributed by atoms with Crippen LogP contribution in [0.25, 0.3) is 0 Å². The lowest BCUT2D eigenvalue weighted by Gasteiger charge is -2.41. The highest BCUT2D eigenvalue weighted by Gasteiger charge is 2.45. The summed E-state index contributed by atoms with van der Waals surface area (Å²) >= 11 is 0. The van der Waals surface area contributed by atoms with Crippen molar-refractivity contribution >= 4 is 17.2 Å². The maximum Gasteiger partial charge on any atom is 0.397 e. The Bertz CT molecular complexity index is 2090. The van der Waals surface area contributed by atoms with E-state index in [9.17, 15) is 0 Å². The van der Waals surface area contributed by atoms with Crippen LogP contribution in [0.5, 0.6) is 11.5 Å². The third-order valence-electron chi connectivity index (χ3n) is 12.1. The first-order valence-corrected chi connectivity index (χ1v) is 23.9. The van der Waals surface area contributed by atoms with E-state index in [1.165, 1.54) is 33.4 Å². The highest BCUT2D eigenvalue weighted by Crippen LogP contribution is 2.54. The van der Waals surface area contributed by atoms with Crippen molar-refractivity contribution < 1.29 is 27.1 Å². The molecule has 0 bridgehead atoms. The second kappa shape index (κ2) is 20.7. The molecule has 0 unspecified atom stereocenters. The second-order valence-electron chi connectivity index (χ2n) is 17.2. The third-order valence-corrected chi connectivity index (χ3v) is 14.2. The highest BCUT2D eigenvalue weighted by atomic mass is 31.2. The van der Waals surface area contributed by atoms with Gasteiger partial charge in [0.15, 0.2) is 0 Å². The van der Waals surface area contributed by atoms with E-state index in [1.54, 1.807) is 0 Å². The third kappa shape index (κ3) is 11.6. The zero-order valence-electron chi connectivity index (χ0n) is 35.8. The maximum atomic E-state index is 6.56. The van der Waals surface area contributed by atoms with Crippen LogP contribution in [0.1, 0.15) is 95.9 Å². The Morgan fingerprint density at radius 1 is 0.410 bits per heavy atom. The molecule has 2 fully saturated rings. The summed E-state index contributed by atoms with van der Waals surface area (Å²) in [6, 6.07) is 56.0. The van der Waals surface area contributed by atoms with E-state index < -0.39 is 22.6 Å². The molecule has 2 aliphatic rings. The summed E-state index contributed by atoms with van der Waals surface area (Å²) < 4.78 is 38.4. The lowest BCUT2D eigenvalue weighted by molar-refractivity contribution is -0.0673. The highest BCUT2D eigenvalue weighted by molar-refractivity contribution is 7.42. The van der Waals surface area contributed by atoms with Gasteiger partial charge in [-0.2, -0.15) is 0 Å². The average molecular weight is 853 g/mol. The van der Waals surface area contributed by atoms with E-state index in [0.29, 0.717) is 50.1 Å². The molecular formula is C53H58O6P2. The van der Waals surface area contributed by atoms with Gasteiger partial charge in [0.05, 0.1) is 31.8 Å². The Kier molecular flexibility index (Phi) is 14.7. The fourth-order valence-corrected chi connectivity index (χ4v) is 10.9. The van der Waals surface area contributed by atoms with Crippen molar-refractivity contribution in [2.75, 3.05) is 26.4 Å². The van der Waals surface area contributed by atoms with E-state index >= 15 is 0 Å². The van der Waals surface area contributed by atoms with Crippen LogP contribution in [0.2, 0.25) is 0 Å². The molecule has 0 N–H and O–H groups in total. The van der Waals surface area contributed by atoms with E-state index in [4.69, 9.17) is 27.1 Å². The van der Waals surface area contributed by atoms with Crippen LogP contribution in [0.4, 0.5) is 0 Å². The molecule has 8 rings (SSSR count). The van der Waals surface area contributed by atoms with Crippen molar-refractivity contribution in [2.45, 2.75) is 77.0 Å². The van der Waals surface area contributed by atoms with Gasteiger partial charge in [-0.3, -0.25) is 0 Å². The molecule has 0 amide bonds. The molecule has 8 heteroatoms. The summed E-state index contributed by atoms with van der Waals surface area (Å²) in [5.41, 5.74) is 9.76. The topological polar surface area (TPSA) is 55.4 Å². The molecule has 0 aliphatic carbocycles. The lowest BCUT2D eigenvalue weighted by Crippen LogP contribution is -2.45. The molecule has 316 valence electrons. The lowest BCUT2D eigenvalue weighted by atomic mass is 9.90. The van der Waals surface area contributed by atoms with Crippen LogP contribution in [-0.2, 0) is 43.8 Å². The van der Waals surface area contributed by atoms with Crippen molar-refractivity contribution in [1.82, 2.24) is 0 Å². The molecule has 0 saturated carbocycles. The number of hydrogen-bond acceptors (Lipinski definition) is 6. The Morgan fingerprint density at radius 3 is 1.02 bits per heavy atom. The molecule has 6 aromatic carbocycles. The molecule has 0 aromatic heterocycles.